The van der Waals surface area contributed by atoms with Crippen molar-refractivity contribution < 1.29 is 4.79 Å². The molecule has 1 amide bonds. The van der Waals surface area contributed by atoms with Gasteiger partial charge in [0.1, 0.15) is 0 Å². The third-order valence-electron chi connectivity index (χ3n) is 5.49. The van der Waals surface area contributed by atoms with E-state index in [2.05, 4.69) is 70.3 Å². The lowest BCUT2D eigenvalue weighted by Crippen LogP contribution is -2.46. The standard InChI is InChI=1S/C24H28N4OS2/c1-3-27-12-14-28(15-13-27)21-10-8-20(9-11-21)25-23(29)17-31-24-26-22(16-30-24)19-6-4-18(2)5-7-19/h4-11,16H,3,12-15,17H2,1-2H3,(H,25,29). The Kier molecular flexibility index (Phi) is 7.27. The Morgan fingerprint density at radius 1 is 1.06 bits per heavy atom. The molecule has 162 valence electrons. The van der Waals surface area contributed by atoms with Gasteiger partial charge < -0.3 is 15.1 Å². The van der Waals surface area contributed by atoms with Gasteiger partial charge in [-0.15, -0.1) is 11.3 Å². The van der Waals surface area contributed by atoms with Gasteiger partial charge in [0, 0.05) is 48.5 Å². The number of carbonyl (C=O) groups is 1. The Labute approximate surface area is 192 Å². The van der Waals surface area contributed by atoms with E-state index in [-0.39, 0.29) is 5.91 Å². The molecule has 1 fully saturated rings. The van der Waals surface area contributed by atoms with Gasteiger partial charge in [0.25, 0.3) is 0 Å². The number of aryl methyl sites for hydroxylation is 1. The number of anilines is 2. The van der Waals surface area contributed by atoms with Crippen molar-refractivity contribution in [3.63, 3.8) is 0 Å². The molecule has 5 nitrogen and oxygen atoms in total. The number of hydrogen-bond donors (Lipinski definition) is 1. The van der Waals surface area contributed by atoms with Gasteiger partial charge in [-0.3, -0.25) is 4.79 Å². The molecule has 0 unspecified atom stereocenters. The number of nitrogens with zero attached hydrogens (tertiary/aromatic N) is 3. The van der Waals surface area contributed by atoms with Gasteiger partial charge in [-0.2, -0.15) is 0 Å². The largest absolute Gasteiger partial charge is 0.369 e. The maximum Gasteiger partial charge on any atom is 0.234 e. The lowest BCUT2D eigenvalue weighted by atomic mass is 10.1. The van der Waals surface area contributed by atoms with E-state index in [0.717, 1.165) is 54.0 Å². The van der Waals surface area contributed by atoms with Crippen molar-refractivity contribution in [2.75, 3.05) is 48.7 Å². The molecular formula is C24H28N4OS2. The Hall–Kier alpha value is -2.35. The highest BCUT2D eigenvalue weighted by Gasteiger charge is 2.16. The highest BCUT2D eigenvalue weighted by Crippen LogP contribution is 2.28. The molecule has 0 atom stereocenters. The predicted octanol–water partition coefficient (Wildman–Crippen LogP) is 4.99. The molecule has 3 aromatic rings. The Morgan fingerprint density at radius 2 is 1.77 bits per heavy atom. The number of benzene rings is 2. The van der Waals surface area contributed by atoms with E-state index in [4.69, 9.17) is 0 Å². The van der Waals surface area contributed by atoms with Crippen LogP contribution in [0, 0.1) is 6.92 Å². The monoisotopic (exact) mass is 452 g/mol. The van der Waals surface area contributed by atoms with Crippen molar-refractivity contribution in [3.05, 3.63) is 59.5 Å². The number of likely N-dealkylation sites (N-methyl/N-ethyl adjacent to an activating group) is 1. The highest BCUT2D eigenvalue weighted by molar-refractivity contribution is 8.01. The van der Waals surface area contributed by atoms with Crippen LogP contribution in [-0.4, -0.2) is 54.3 Å². The van der Waals surface area contributed by atoms with Crippen molar-refractivity contribution in [1.29, 1.82) is 0 Å². The van der Waals surface area contributed by atoms with Crippen LogP contribution < -0.4 is 10.2 Å². The minimum Gasteiger partial charge on any atom is -0.369 e. The van der Waals surface area contributed by atoms with Crippen LogP contribution in [0.1, 0.15) is 12.5 Å². The number of rotatable bonds is 7. The van der Waals surface area contributed by atoms with E-state index in [1.807, 2.05) is 17.5 Å². The topological polar surface area (TPSA) is 48.5 Å². The number of hydrogen-bond acceptors (Lipinski definition) is 6. The van der Waals surface area contributed by atoms with Gasteiger partial charge in [-0.1, -0.05) is 48.5 Å². The average Bonchev–Trinajstić information content (AvgIpc) is 3.28. The van der Waals surface area contributed by atoms with Crippen LogP contribution >= 0.6 is 23.1 Å². The second-order valence-corrected chi connectivity index (χ2v) is 9.75. The van der Waals surface area contributed by atoms with Crippen LogP contribution in [0.25, 0.3) is 11.3 Å². The molecule has 0 aliphatic carbocycles. The predicted molar refractivity (Wildman–Crippen MR) is 132 cm³/mol. The van der Waals surface area contributed by atoms with Crippen molar-refractivity contribution in [2.24, 2.45) is 0 Å². The van der Waals surface area contributed by atoms with Gasteiger partial charge in [-0.05, 0) is 37.7 Å². The zero-order valence-electron chi connectivity index (χ0n) is 18.0. The van der Waals surface area contributed by atoms with Gasteiger partial charge >= 0.3 is 0 Å². The summed E-state index contributed by atoms with van der Waals surface area (Å²) in [6.07, 6.45) is 0. The number of thioether (sulfide) groups is 1. The molecule has 0 spiro atoms. The summed E-state index contributed by atoms with van der Waals surface area (Å²) < 4.78 is 0.910. The maximum absolute atomic E-state index is 12.4. The fourth-order valence-corrected chi connectivity index (χ4v) is 5.22. The van der Waals surface area contributed by atoms with Crippen LogP contribution in [0.4, 0.5) is 11.4 Å². The molecule has 31 heavy (non-hydrogen) atoms. The minimum atomic E-state index is -0.0126. The lowest BCUT2D eigenvalue weighted by Gasteiger charge is -2.35. The van der Waals surface area contributed by atoms with E-state index in [1.54, 1.807) is 11.3 Å². The van der Waals surface area contributed by atoms with Gasteiger partial charge in [0.2, 0.25) is 5.91 Å². The summed E-state index contributed by atoms with van der Waals surface area (Å²) >= 11 is 3.06. The first-order valence-corrected chi connectivity index (χ1v) is 12.5. The van der Waals surface area contributed by atoms with E-state index in [1.165, 1.54) is 23.0 Å². The van der Waals surface area contributed by atoms with Gasteiger partial charge in [-0.25, -0.2) is 4.98 Å². The summed E-state index contributed by atoms with van der Waals surface area (Å²) in [4.78, 5) is 21.9. The Bertz CT molecular complexity index is 993. The maximum atomic E-state index is 12.4. The van der Waals surface area contributed by atoms with Crippen molar-refractivity contribution in [3.8, 4) is 11.3 Å². The molecule has 1 aliphatic heterocycles. The van der Waals surface area contributed by atoms with Crippen molar-refractivity contribution in [2.45, 2.75) is 18.2 Å². The fourth-order valence-electron chi connectivity index (χ4n) is 3.58. The molecule has 1 aromatic heterocycles. The van der Waals surface area contributed by atoms with E-state index >= 15 is 0 Å². The third-order valence-corrected chi connectivity index (χ3v) is 7.51. The number of thiazole rings is 1. The first-order valence-electron chi connectivity index (χ1n) is 10.6. The minimum absolute atomic E-state index is 0.0126. The average molecular weight is 453 g/mol. The van der Waals surface area contributed by atoms with E-state index in [0.29, 0.717) is 5.75 Å². The number of aromatic nitrogens is 1. The van der Waals surface area contributed by atoms with Crippen molar-refractivity contribution >= 4 is 40.4 Å². The second-order valence-electron chi connectivity index (χ2n) is 7.67. The van der Waals surface area contributed by atoms with Gasteiger partial charge in [0.15, 0.2) is 4.34 Å². The zero-order chi connectivity index (χ0) is 21.6. The molecule has 4 rings (SSSR count). The van der Waals surface area contributed by atoms with Gasteiger partial charge in [0.05, 0.1) is 11.4 Å². The Morgan fingerprint density at radius 3 is 2.45 bits per heavy atom. The Balaban J connectivity index is 1.26. The van der Waals surface area contributed by atoms with Crippen LogP contribution in [0.15, 0.2) is 58.3 Å². The zero-order valence-corrected chi connectivity index (χ0v) is 19.6. The molecule has 1 N–H and O–H groups in total. The fraction of sp³-hybridized carbons (Fsp3) is 0.333. The lowest BCUT2D eigenvalue weighted by molar-refractivity contribution is -0.113. The highest BCUT2D eigenvalue weighted by atomic mass is 32.2. The van der Waals surface area contributed by atoms with Crippen LogP contribution in [0.5, 0.6) is 0 Å². The molecule has 0 saturated carbocycles. The van der Waals surface area contributed by atoms with Crippen LogP contribution in [0.3, 0.4) is 0 Å². The van der Waals surface area contributed by atoms with Crippen LogP contribution in [-0.2, 0) is 4.79 Å². The number of piperazine rings is 1. The number of carbonyl (C=O) groups excluding carboxylic acids is 1. The summed E-state index contributed by atoms with van der Waals surface area (Å²) in [5.74, 6) is 0.336. The number of nitrogens with one attached hydrogen (secondary N) is 1. The summed E-state index contributed by atoms with van der Waals surface area (Å²) in [7, 11) is 0. The molecule has 2 aromatic carbocycles. The second kappa shape index (κ2) is 10.3. The molecule has 2 heterocycles. The quantitative estimate of drug-likeness (QED) is 0.512. The van der Waals surface area contributed by atoms with Crippen LogP contribution in [0.2, 0.25) is 0 Å². The van der Waals surface area contributed by atoms with E-state index in [9.17, 15) is 4.79 Å². The summed E-state index contributed by atoms with van der Waals surface area (Å²) in [5.41, 5.74) is 5.35. The summed E-state index contributed by atoms with van der Waals surface area (Å²) in [5, 5.41) is 5.04. The number of amides is 1. The van der Waals surface area contributed by atoms with Crippen molar-refractivity contribution in [1.82, 2.24) is 9.88 Å². The first-order chi connectivity index (χ1) is 15.1. The summed E-state index contributed by atoms with van der Waals surface area (Å²) in [6.45, 7) is 9.71. The van der Waals surface area contributed by atoms with E-state index < -0.39 is 0 Å². The third kappa shape index (κ3) is 5.87. The normalized spacial score (nSPS) is 14.6. The molecule has 7 heteroatoms. The molecular weight excluding hydrogens is 424 g/mol. The summed E-state index contributed by atoms with van der Waals surface area (Å²) in [6, 6.07) is 16.5. The molecule has 1 saturated heterocycles. The first kappa shape index (κ1) is 21.9. The smallest absolute Gasteiger partial charge is 0.234 e. The SMILES string of the molecule is CCN1CCN(c2ccc(NC(=O)CSc3nc(-c4ccc(C)cc4)cs3)cc2)CC1. The molecule has 0 bridgehead atoms. The molecule has 1 aliphatic rings. The molecule has 0 radical (unpaired) electrons.